The molecule has 0 spiro atoms. The van der Waals surface area contributed by atoms with Gasteiger partial charge in [0.1, 0.15) is 0 Å². The van der Waals surface area contributed by atoms with Crippen molar-refractivity contribution in [2.75, 3.05) is 5.32 Å². The Balaban J connectivity index is 1.98. The first-order valence-corrected chi connectivity index (χ1v) is 6.70. The van der Waals surface area contributed by atoms with Gasteiger partial charge in [-0.3, -0.25) is 0 Å². The number of rotatable bonds is 3. The minimum Gasteiger partial charge on any atom is -0.358 e. The van der Waals surface area contributed by atoms with E-state index in [1.165, 1.54) is 5.69 Å². The molecule has 0 bridgehead atoms. The van der Waals surface area contributed by atoms with Crippen LogP contribution in [0.3, 0.4) is 0 Å². The van der Waals surface area contributed by atoms with Gasteiger partial charge in [0.05, 0.1) is 5.69 Å². The Morgan fingerprint density at radius 1 is 1.67 bits per heavy atom. The van der Waals surface area contributed by atoms with E-state index in [0.717, 1.165) is 18.0 Å². The predicted molar refractivity (Wildman–Crippen MR) is 66.9 cm³/mol. The number of alkyl halides is 1. The van der Waals surface area contributed by atoms with Gasteiger partial charge in [-0.15, -0.1) is 22.9 Å². The van der Waals surface area contributed by atoms with Gasteiger partial charge in [0, 0.05) is 22.2 Å². The topological polar surface area (TPSA) is 24.9 Å². The smallest absolute Gasteiger partial charge is 0.183 e. The number of hydrogen-bond acceptors (Lipinski definition) is 3. The third kappa shape index (κ3) is 2.00. The van der Waals surface area contributed by atoms with Crippen LogP contribution in [0.4, 0.5) is 5.13 Å². The zero-order valence-corrected chi connectivity index (χ0v) is 11.0. The molecule has 1 heterocycles. The fraction of sp³-hybridized carbons (Fsp3) is 0.727. The van der Waals surface area contributed by atoms with Gasteiger partial charge in [-0.1, -0.05) is 20.8 Å². The number of hydrogen-bond donors (Lipinski definition) is 1. The van der Waals surface area contributed by atoms with Crippen LogP contribution >= 0.6 is 22.9 Å². The van der Waals surface area contributed by atoms with Crippen LogP contribution in [-0.4, -0.2) is 16.4 Å². The van der Waals surface area contributed by atoms with Crippen LogP contribution in [0.2, 0.25) is 0 Å². The second-order valence-corrected chi connectivity index (χ2v) is 6.10. The molecule has 1 aromatic heterocycles. The summed E-state index contributed by atoms with van der Waals surface area (Å²) in [7, 11) is 0. The van der Waals surface area contributed by atoms with E-state index < -0.39 is 0 Å². The number of halogens is 1. The first kappa shape index (κ1) is 11.2. The summed E-state index contributed by atoms with van der Waals surface area (Å²) in [4.78, 5) is 4.51. The van der Waals surface area contributed by atoms with Gasteiger partial charge in [-0.25, -0.2) is 4.98 Å². The van der Waals surface area contributed by atoms with Crippen LogP contribution in [0.1, 0.15) is 32.9 Å². The molecule has 1 N–H and O–H groups in total. The predicted octanol–water partition coefficient (Wildman–Crippen LogP) is 3.52. The molecule has 1 fully saturated rings. The van der Waals surface area contributed by atoms with Gasteiger partial charge in [-0.05, 0) is 12.8 Å². The molecule has 0 aliphatic heterocycles. The van der Waals surface area contributed by atoms with Gasteiger partial charge in [0.15, 0.2) is 5.13 Å². The highest BCUT2D eigenvalue weighted by Crippen LogP contribution is 2.45. The molecule has 2 atom stereocenters. The van der Waals surface area contributed by atoms with Crippen molar-refractivity contribution in [2.24, 2.45) is 5.41 Å². The first-order valence-electron chi connectivity index (χ1n) is 5.39. The molecule has 0 saturated heterocycles. The highest BCUT2D eigenvalue weighted by molar-refractivity contribution is 7.13. The maximum Gasteiger partial charge on any atom is 0.183 e. The number of nitrogens with one attached hydrogen (secondary N) is 1. The molecule has 84 valence electrons. The Labute approximate surface area is 100 Å². The minimum atomic E-state index is 0.180. The quantitative estimate of drug-likeness (QED) is 0.823. The number of anilines is 1. The number of aryl methyl sites for hydroxylation is 1. The highest BCUT2D eigenvalue weighted by atomic mass is 35.5. The molecule has 1 saturated carbocycles. The molecule has 4 heteroatoms. The van der Waals surface area contributed by atoms with E-state index in [1.54, 1.807) is 11.3 Å². The zero-order valence-electron chi connectivity index (χ0n) is 9.38. The molecule has 0 aromatic carbocycles. The average Bonchev–Trinajstić information content (AvgIpc) is 2.65. The Kier molecular flexibility index (Phi) is 2.95. The third-order valence-electron chi connectivity index (χ3n) is 3.36. The minimum absolute atomic E-state index is 0.180. The molecular formula is C11H17ClN2S. The van der Waals surface area contributed by atoms with E-state index in [0.29, 0.717) is 11.4 Å². The molecule has 1 aliphatic carbocycles. The van der Waals surface area contributed by atoms with Crippen molar-refractivity contribution in [2.45, 2.75) is 45.0 Å². The van der Waals surface area contributed by atoms with Gasteiger partial charge < -0.3 is 5.32 Å². The molecule has 0 radical (unpaired) electrons. The van der Waals surface area contributed by atoms with E-state index in [1.807, 2.05) is 0 Å². The summed E-state index contributed by atoms with van der Waals surface area (Å²) < 4.78 is 0. The second kappa shape index (κ2) is 3.95. The van der Waals surface area contributed by atoms with Crippen LogP contribution in [0.25, 0.3) is 0 Å². The van der Waals surface area contributed by atoms with E-state index in [9.17, 15) is 0 Å². The van der Waals surface area contributed by atoms with Gasteiger partial charge >= 0.3 is 0 Å². The first-order chi connectivity index (χ1) is 7.04. The Morgan fingerprint density at radius 2 is 2.40 bits per heavy atom. The van der Waals surface area contributed by atoms with Crippen molar-refractivity contribution in [1.29, 1.82) is 0 Å². The van der Waals surface area contributed by atoms with Crippen molar-refractivity contribution in [3.63, 3.8) is 0 Å². The molecule has 15 heavy (non-hydrogen) atoms. The Hall–Kier alpha value is -0.280. The lowest BCUT2D eigenvalue weighted by Crippen LogP contribution is -2.54. The average molecular weight is 245 g/mol. The fourth-order valence-corrected chi connectivity index (χ4v) is 2.98. The van der Waals surface area contributed by atoms with Crippen LogP contribution in [-0.2, 0) is 6.42 Å². The fourth-order valence-electron chi connectivity index (χ4n) is 1.80. The van der Waals surface area contributed by atoms with Crippen molar-refractivity contribution in [3.05, 3.63) is 11.1 Å². The Bertz CT molecular complexity index is 348. The monoisotopic (exact) mass is 244 g/mol. The van der Waals surface area contributed by atoms with E-state index in [2.05, 4.69) is 36.5 Å². The molecule has 1 aliphatic rings. The summed E-state index contributed by atoms with van der Waals surface area (Å²) in [6, 6.07) is 0.468. The van der Waals surface area contributed by atoms with E-state index in [4.69, 9.17) is 11.6 Å². The normalized spacial score (nSPS) is 28.5. The highest BCUT2D eigenvalue weighted by Gasteiger charge is 2.47. The molecule has 1 aromatic rings. The summed E-state index contributed by atoms with van der Waals surface area (Å²) in [6.07, 6.45) is 2.04. The largest absolute Gasteiger partial charge is 0.358 e. The summed E-state index contributed by atoms with van der Waals surface area (Å²) in [5.41, 5.74) is 1.35. The molecule has 2 nitrogen and oxygen atoms in total. The van der Waals surface area contributed by atoms with Crippen molar-refractivity contribution in [3.8, 4) is 0 Å². The third-order valence-corrected chi connectivity index (χ3v) is 4.92. The van der Waals surface area contributed by atoms with Gasteiger partial charge in [-0.2, -0.15) is 0 Å². The molecule has 2 rings (SSSR count). The van der Waals surface area contributed by atoms with Crippen LogP contribution < -0.4 is 5.32 Å². The van der Waals surface area contributed by atoms with Gasteiger partial charge in [0.25, 0.3) is 0 Å². The standard InChI is InChI=1S/C11H17ClN2S/c1-4-7-6-15-10(13-7)14-9-5-8(12)11(9,2)3/h6,8-9H,4-5H2,1-3H3,(H,13,14). The van der Waals surface area contributed by atoms with E-state index in [-0.39, 0.29) is 5.41 Å². The van der Waals surface area contributed by atoms with Crippen LogP contribution in [0, 0.1) is 5.41 Å². The number of nitrogens with zero attached hydrogens (tertiary/aromatic N) is 1. The summed E-state index contributed by atoms with van der Waals surface area (Å²) in [6.45, 7) is 6.54. The van der Waals surface area contributed by atoms with Crippen molar-refractivity contribution in [1.82, 2.24) is 4.98 Å². The SMILES string of the molecule is CCc1csc(NC2CC(Cl)C2(C)C)n1. The number of thiazole rings is 1. The maximum absolute atomic E-state index is 6.18. The Morgan fingerprint density at radius 3 is 2.87 bits per heavy atom. The van der Waals surface area contributed by atoms with Gasteiger partial charge in [0.2, 0.25) is 0 Å². The lowest BCUT2D eigenvalue weighted by Gasteiger charge is -2.49. The maximum atomic E-state index is 6.18. The summed E-state index contributed by atoms with van der Waals surface area (Å²) in [5.74, 6) is 0. The van der Waals surface area contributed by atoms with Crippen LogP contribution in [0.5, 0.6) is 0 Å². The van der Waals surface area contributed by atoms with Crippen molar-refractivity contribution < 1.29 is 0 Å². The molecule has 0 amide bonds. The van der Waals surface area contributed by atoms with Crippen LogP contribution in [0.15, 0.2) is 5.38 Å². The summed E-state index contributed by atoms with van der Waals surface area (Å²) in [5, 5.41) is 6.92. The van der Waals surface area contributed by atoms with Crippen molar-refractivity contribution >= 4 is 28.1 Å². The lowest BCUT2D eigenvalue weighted by molar-refractivity contribution is 0.168. The summed E-state index contributed by atoms with van der Waals surface area (Å²) >= 11 is 7.87. The molecule has 2 unspecified atom stereocenters. The number of aromatic nitrogens is 1. The van der Waals surface area contributed by atoms with E-state index >= 15 is 0 Å². The second-order valence-electron chi connectivity index (χ2n) is 4.72. The lowest BCUT2D eigenvalue weighted by atomic mass is 9.67. The zero-order chi connectivity index (χ0) is 11.1. The molecular weight excluding hydrogens is 228 g/mol.